The van der Waals surface area contributed by atoms with Crippen LogP contribution < -0.4 is 10.2 Å². The molecule has 0 saturated heterocycles. The standard InChI is InChI=1S/C17H23N3/c1-13-7-5-8-15(11-13)12-20(4)17-16(14(2)18-3)9-6-10-19-17/h5-11,14,18H,12H2,1-4H3. The highest BCUT2D eigenvalue weighted by molar-refractivity contribution is 5.48. The summed E-state index contributed by atoms with van der Waals surface area (Å²) in [6, 6.07) is 13.0. The lowest BCUT2D eigenvalue weighted by Crippen LogP contribution is -2.22. The van der Waals surface area contributed by atoms with Gasteiger partial charge in [-0.05, 0) is 32.5 Å². The SMILES string of the molecule is CNC(C)c1cccnc1N(C)Cc1cccc(C)c1. The Balaban J connectivity index is 2.23. The molecule has 0 fully saturated rings. The number of nitrogens with one attached hydrogen (secondary N) is 1. The Bertz CT molecular complexity index is 566. The molecule has 0 amide bonds. The van der Waals surface area contributed by atoms with E-state index in [0.717, 1.165) is 12.4 Å². The Morgan fingerprint density at radius 3 is 2.75 bits per heavy atom. The van der Waals surface area contributed by atoms with E-state index >= 15 is 0 Å². The van der Waals surface area contributed by atoms with Crippen LogP contribution in [0, 0.1) is 6.92 Å². The van der Waals surface area contributed by atoms with E-state index in [1.54, 1.807) is 0 Å². The van der Waals surface area contributed by atoms with E-state index in [1.807, 2.05) is 19.3 Å². The lowest BCUT2D eigenvalue weighted by molar-refractivity contribution is 0.646. The van der Waals surface area contributed by atoms with Crippen molar-refractivity contribution in [3.05, 3.63) is 59.3 Å². The van der Waals surface area contributed by atoms with Gasteiger partial charge in [0.25, 0.3) is 0 Å². The van der Waals surface area contributed by atoms with Crippen molar-refractivity contribution in [2.75, 3.05) is 19.0 Å². The number of hydrogen-bond donors (Lipinski definition) is 1. The summed E-state index contributed by atoms with van der Waals surface area (Å²) in [6.45, 7) is 5.14. The first-order chi connectivity index (χ1) is 9.61. The lowest BCUT2D eigenvalue weighted by atomic mass is 10.1. The quantitative estimate of drug-likeness (QED) is 0.902. The average Bonchev–Trinajstić information content (AvgIpc) is 2.46. The highest BCUT2D eigenvalue weighted by Gasteiger charge is 2.13. The van der Waals surface area contributed by atoms with Gasteiger partial charge in [0.1, 0.15) is 5.82 Å². The molecule has 0 aliphatic rings. The molecular formula is C17H23N3. The van der Waals surface area contributed by atoms with Crippen LogP contribution in [0.25, 0.3) is 0 Å². The van der Waals surface area contributed by atoms with Gasteiger partial charge in [0.05, 0.1) is 0 Å². The maximum atomic E-state index is 4.55. The summed E-state index contributed by atoms with van der Waals surface area (Å²) >= 11 is 0. The molecule has 0 radical (unpaired) electrons. The van der Waals surface area contributed by atoms with E-state index < -0.39 is 0 Å². The molecule has 20 heavy (non-hydrogen) atoms. The smallest absolute Gasteiger partial charge is 0.133 e. The summed E-state index contributed by atoms with van der Waals surface area (Å²) < 4.78 is 0. The van der Waals surface area contributed by atoms with Crippen molar-refractivity contribution in [2.24, 2.45) is 0 Å². The average molecular weight is 269 g/mol. The van der Waals surface area contributed by atoms with Gasteiger partial charge in [-0.1, -0.05) is 35.9 Å². The molecule has 0 saturated carbocycles. The first-order valence-corrected chi connectivity index (χ1v) is 7.00. The van der Waals surface area contributed by atoms with Gasteiger partial charge in [0.15, 0.2) is 0 Å². The number of aryl methyl sites for hydroxylation is 1. The van der Waals surface area contributed by atoms with Crippen LogP contribution in [0.3, 0.4) is 0 Å². The van der Waals surface area contributed by atoms with Gasteiger partial charge in [0, 0.05) is 31.4 Å². The van der Waals surface area contributed by atoms with Crippen LogP contribution in [0.2, 0.25) is 0 Å². The molecule has 3 nitrogen and oxygen atoms in total. The van der Waals surface area contributed by atoms with Crippen molar-refractivity contribution in [3.8, 4) is 0 Å². The van der Waals surface area contributed by atoms with Gasteiger partial charge in [-0.25, -0.2) is 4.98 Å². The minimum absolute atomic E-state index is 0.290. The predicted octanol–water partition coefficient (Wildman–Crippen LogP) is 3.31. The fraction of sp³-hybridized carbons (Fsp3) is 0.353. The van der Waals surface area contributed by atoms with E-state index in [2.05, 4.69) is 66.4 Å². The predicted molar refractivity (Wildman–Crippen MR) is 85.0 cm³/mol. The van der Waals surface area contributed by atoms with Crippen LogP contribution >= 0.6 is 0 Å². The number of anilines is 1. The molecular weight excluding hydrogens is 246 g/mol. The Kier molecular flexibility index (Phi) is 4.74. The second kappa shape index (κ2) is 6.53. The molecule has 1 unspecified atom stereocenters. The van der Waals surface area contributed by atoms with Crippen molar-refractivity contribution in [1.82, 2.24) is 10.3 Å². The van der Waals surface area contributed by atoms with Crippen molar-refractivity contribution in [1.29, 1.82) is 0 Å². The monoisotopic (exact) mass is 269 g/mol. The van der Waals surface area contributed by atoms with Crippen LogP contribution in [0.4, 0.5) is 5.82 Å². The highest BCUT2D eigenvalue weighted by atomic mass is 15.2. The topological polar surface area (TPSA) is 28.2 Å². The lowest BCUT2D eigenvalue weighted by Gasteiger charge is -2.23. The number of hydrogen-bond acceptors (Lipinski definition) is 3. The molecule has 0 spiro atoms. The summed E-state index contributed by atoms with van der Waals surface area (Å²) in [5.74, 6) is 1.04. The zero-order valence-electron chi connectivity index (χ0n) is 12.7. The Morgan fingerprint density at radius 2 is 2.05 bits per heavy atom. The van der Waals surface area contributed by atoms with Crippen LogP contribution in [-0.4, -0.2) is 19.1 Å². The van der Waals surface area contributed by atoms with Crippen LogP contribution in [0.5, 0.6) is 0 Å². The molecule has 106 valence electrons. The summed E-state index contributed by atoms with van der Waals surface area (Å²) in [6.07, 6.45) is 1.86. The van der Waals surface area contributed by atoms with Crippen LogP contribution in [-0.2, 0) is 6.54 Å². The second-order valence-electron chi connectivity index (χ2n) is 5.27. The molecule has 1 aromatic carbocycles. The molecule has 0 aliphatic carbocycles. The Morgan fingerprint density at radius 1 is 1.25 bits per heavy atom. The molecule has 1 N–H and O–H groups in total. The normalized spacial score (nSPS) is 12.2. The molecule has 3 heteroatoms. The number of aromatic nitrogens is 1. The van der Waals surface area contributed by atoms with Crippen LogP contribution in [0.15, 0.2) is 42.6 Å². The fourth-order valence-corrected chi connectivity index (χ4v) is 2.38. The van der Waals surface area contributed by atoms with Gasteiger partial charge >= 0.3 is 0 Å². The molecule has 1 heterocycles. The van der Waals surface area contributed by atoms with E-state index in [0.29, 0.717) is 6.04 Å². The first kappa shape index (κ1) is 14.5. The third-order valence-electron chi connectivity index (χ3n) is 3.58. The Hall–Kier alpha value is -1.87. The van der Waals surface area contributed by atoms with Crippen molar-refractivity contribution >= 4 is 5.82 Å². The fourth-order valence-electron chi connectivity index (χ4n) is 2.38. The van der Waals surface area contributed by atoms with Crippen molar-refractivity contribution < 1.29 is 0 Å². The van der Waals surface area contributed by atoms with Crippen LogP contribution in [0.1, 0.15) is 29.7 Å². The number of benzene rings is 1. The molecule has 2 rings (SSSR count). The minimum Gasteiger partial charge on any atom is -0.355 e. The Labute approximate surface area is 121 Å². The summed E-state index contributed by atoms with van der Waals surface area (Å²) in [4.78, 5) is 6.76. The third kappa shape index (κ3) is 3.36. The summed E-state index contributed by atoms with van der Waals surface area (Å²) in [5, 5.41) is 3.28. The van der Waals surface area contributed by atoms with E-state index in [-0.39, 0.29) is 0 Å². The van der Waals surface area contributed by atoms with E-state index in [1.165, 1.54) is 16.7 Å². The number of nitrogens with zero attached hydrogens (tertiary/aromatic N) is 2. The van der Waals surface area contributed by atoms with Gasteiger partial charge in [-0.2, -0.15) is 0 Å². The summed E-state index contributed by atoms with van der Waals surface area (Å²) in [5.41, 5.74) is 3.83. The largest absolute Gasteiger partial charge is 0.355 e. The molecule has 1 atom stereocenters. The van der Waals surface area contributed by atoms with E-state index in [9.17, 15) is 0 Å². The summed E-state index contributed by atoms with van der Waals surface area (Å²) in [7, 11) is 4.07. The third-order valence-corrected chi connectivity index (χ3v) is 3.58. The van der Waals surface area contributed by atoms with Gasteiger partial charge in [-0.15, -0.1) is 0 Å². The zero-order chi connectivity index (χ0) is 14.5. The highest BCUT2D eigenvalue weighted by Crippen LogP contribution is 2.23. The van der Waals surface area contributed by atoms with Crippen molar-refractivity contribution in [2.45, 2.75) is 26.4 Å². The maximum Gasteiger partial charge on any atom is 0.133 e. The maximum absolute atomic E-state index is 4.55. The minimum atomic E-state index is 0.290. The van der Waals surface area contributed by atoms with Gasteiger partial charge < -0.3 is 10.2 Å². The second-order valence-corrected chi connectivity index (χ2v) is 5.27. The van der Waals surface area contributed by atoms with Crippen molar-refractivity contribution in [3.63, 3.8) is 0 Å². The van der Waals surface area contributed by atoms with Gasteiger partial charge in [0.2, 0.25) is 0 Å². The number of pyridine rings is 1. The van der Waals surface area contributed by atoms with Gasteiger partial charge in [-0.3, -0.25) is 0 Å². The molecule has 0 aliphatic heterocycles. The first-order valence-electron chi connectivity index (χ1n) is 7.00. The number of rotatable bonds is 5. The molecule has 2 aromatic rings. The molecule has 1 aromatic heterocycles. The zero-order valence-corrected chi connectivity index (χ0v) is 12.7. The molecule has 0 bridgehead atoms. The van der Waals surface area contributed by atoms with E-state index in [4.69, 9.17) is 0 Å².